The minimum Gasteiger partial charge on any atom is -0.324 e. The zero-order valence-corrected chi connectivity index (χ0v) is 12.1. The summed E-state index contributed by atoms with van der Waals surface area (Å²) in [7, 11) is 0. The minimum atomic E-state index is 0.166. The van der Waals surface area contributed by atoms with E-state index in [2.05, 4.69) is 29.2 Å². The van der Waals surface area contributed by atoms with Gasteiger partial charge in [0.25, 0.3) is 0 Å². The lowest BCUT2D eigenvalue weighted by Crippen LogP contribution is -2.22. The average molecular weight is 268 g/mol. The lowest BCUT2D eigenvalue weighted by molar-refractivity contribution is 0.328. The van der Waals surface area contributed by atoms with Crippen molar-refractivity contribution in [2.24, 2.45) is 11.7 Å². The van der Waals surface area contributed by atoms with Gasteiger partial charge in [0.05, 0.1) is 0 Å². The fourth-order valence-electron chi connectivity index (χ4n) is 3.54. The molecule has 1 heterocycles. The van der Waals surface area contributed by atoms with E-state index in [0.29, 0.717) is 5.92 Å². The van der Waals surface area contributed by atoms with E-state index in [0.717, 1.165) is 0 Å². The maximum Gasteiger partial charge on any atom is 0.0346 e. The molecule has 106 valence electrons. The Labute approximate surface area is 121 Å². The van der Waals surface area contributed by atoms with Gasteiger partial charge >= 0.3 is 0 Å². The van der Waals surface area contributed by atoms with Crippen LogP contribution in [-0.2, 0) is 0 Å². The molecule has 0 aliphatic heterocycles. The standard InChI is InChI=1S/C18H24N2/c19-18(14-7-4-2-1-3-5-8-14)17-10-6-9-15-13-20-12-11-16(15)17/h6,9-14,18H,1-5,7-8,19H2. The van der Waals surface area contributed by atoms with Crippen LogP contribution in [0.1, 0.15) is 56.6 Å². The molecule has 0 radical (unpaired) electrons. The second-order valence-electron chi connectivity index (χ2n) is 6.08. The van der Waals surface area contributed by atoms with Crippen LogP contribution < -0.4 is 5.73 Å². The van der Waals surface area contributed by atoms with Gasteiger partial charge in [0.15, 0.2) is 0 Å². The highest BCUT2D eigenvalue weighted by Gasteiger charge is 2.21. The predicted molar refractivity (Wildman–Crippen MR) is 84.5 cm³/mol. The van der Waals surface area contributed by atoms with Crippen LogP contribution in [0, 0.1) is 5.92 Å². The van der Waals surface area contributed by atoms with Gasteiger partial charge in [-0.15, -0.1) is 0 Å². The van der Waals surface area contributed by atoms with Crippen molar-refractivity contribution in [1.82, 2.24) is 4.98 Å². The van der Waals surface area contributed by atoms with Crippen molar-refractivity contribution in [3.63, 3.8) is 0 Å². The molecule has 2 heteroatoms. The van der Waals surface area contributed by atoms with E-state index in [1.54, 1.807) is 0 Å². The number of aromatic nitrogens is 1. The third-order valence-electron chi connectivity index (χ3n) is 4.73. The number of benzene rings is 1. The van der Waals surface area contributed by atoms with Crippen LogP contribution in [0.4, 0.5) is 0 Å². The first-order valence-electron chi connectivity index (χ1n) is 7.94. The molecular formula is C18H24N2. The summed E-state index contributed by atoms with van der Waals surface area (Å²) in [6.07, 6.45) is 13.2. The normalized spacial score (nSPS) is 19.4. The Morgan fingerprint density at radius 2 is 1.75 bits per heavy atom. The van der Waals surface area contributed by atoms with Gasteiger partial charge in [-0.05, 0) is 35.8 Å². The molecule has 1 fully saturated rings. The molecule has 20 heavy (non-hydrogen) atoms. The lowest BCUT2D eigenvalue weighted by atomic mass is 9.82. The van der Waals surface area contributed by atoms with Crippen molar-refractivity contribution in [2.45, 2.75) is 51.0 Å². The lowest BCUT2D eigenvalue weighted by Gasteiger charge is -2.27. The van der Waals surface area contributed by atoms with E-state index in [1.807, 2.05) is 12.4 Å². The SMILES string of the molecule is NC(c1cccc2cnccc12)C1CCCCCCC1. The summed E-state index contributed by atoms with van der Waals surface area (Å²) in [5.74, 6) is 0.633. The van der Waals surface area contributed by atoms with Crippen molar-refractivity contribution in [3.05, 3.63) is 42.2 Å². The summed E-state index contributed by atoms with van der Waals surface area (Å²) in [6.45, 7) is 0. The molecule has 1 aliphatic carbocycles. The summed E-state index contributed by atoms with van der Waals surface area (Å²) in [6, 6.07) is 8.71. The first-order chi connectivity index (χ1) is 9.86. The molecule has 1 atom stereocenters. The van der Waals surface area contributed by atoms with Gasteiger partial charge in [-0.3, -0.25) is 4.98 Å². The van der Waals surface area contributed by atoms with Gasteiger partial charge < -0.3 is 5.73 Å². The Bertz CT molecular complexity index is 551. The van der Waals surface area contributed by atoms with E-state index in [4.69, 9.17) is 5.73 Å². The topological polar surface area (TPSA) is 38.9 Å². The van der Waals surface area contributed by atoms with Crippen LogP contribution in [0.3, 0.4) is 0 Å². The van der Waals surface area contributed by atoms with Crippen molar-refractivity contribution in [3.8, 4) is 0 Å². The van der Waals surface area contributed by atoms with Gasteiger partial charge in [-0.25, -0.2) is 0 Å². The third kappa shape index (κ3) is 2.85. The fourth-order valence-corrected chi connectivity index (χ4v) is 3.54. The number of nitrogens with zero attached hydrogens (tertiary/aromatic N) is 1. The summed E-state index contributed by atoms with van der Waals surface area (Å²) >= 11 is 0. The molecule has 2 aromatic rings. The number of fused-ring (bicyclic) bond motifs is 1. The minimum absolute atomic E-state index is 0.166. The largest absolute Gasteiger partial charge is 0.324 e. The first kappa shape index (κ1) is 13.6. The molecule has 1 saturated carbocycles. The highest BCUT2D eigenvalue weighted by molar-refractivity contribution is 5.85. The Balaban J connectivity index is 1.89. The summed E-state index contributed by atoms with van der Waals surface area (Å²) in [4.78, 5) is 4.21. The van der Waals surface area contributed by atoms with E-state index in [9.17, 15) is 0 Å². The molecule has 0 amide bonds. The van der Waals surface area contributed by atoms with Crippen LogP contribution in [0.5, 0.6) is 0 Å². The van der Waals surface area contributed by atoms with E-state index >= 15 is 0 Å². The van der Waals surface area contributed by atoms with E-state index < -0.39 is 0 Å². The maximum atomic E-state index is 6.64. The van der Waals surface area contributed by atoms with Crippen molar-refractivity contribution < 1.29 is 0 Å². The van der Waals surface area contributed by atoms with Crippen molar-refractivity contribution in [2.75, 3.05) is 0 Å². The highest BCUT2D eigenvalue weighted by Crippen LogP contribution is 2.34. The molecule has 0 saturated heterocycles. The average Bonchev–Trinajstić information content (AvgIpc) is 2.46. The second-order valence-corrected chi connectivity index (χ2v) is 6.08. The number of rotatable bonds is 2. The first-order valence-corrected chi connectivity index (χ1v) is 7.94. The Hall–Kier alpha value is -1.41. The zero-order valence-electron chi connectivity index (χ0n) is 12.1. The van der Waals surface area contributed by atoms with E-state index in [-0.39, 0.29) is 6.04 Å². The summed E-state index contributed by atoms with van der Waals surface area (Å²) < 4.78 is 0. The molecule has 2 nitrogen and oxygen atoms in total. The molecule has 3 rings (SSSR count). The number of hydrogen-bond acceptors (Lipinski definition) is 2. The summed E-state index contributed by atoms with van der Waals surface area (Å²) in [5, 5.41) is 2.48. The number of pyridine rings is 1. The van der Waals surface area contributed by atoms with Crippen LogP contribution in [0.15, 0.2) is 36.7 Å². The van der Waals surface area contributed by atoms with Crippen LogP contribution in [-0.4, -0.2) is 4.98 Å². The smallest absolute Gasteiger partial charge is 0.0346 e. The maximum absolute atomic E-state index is 6.64. The molecule has 1 aromatic heterocycles. The Morgan fingerprint density at radius 3 is 2.55 bits per heavy atom. The number of hydrogen-bond donors (Lipinski definition) is 1. The molecule has 0 bridgehead atoms. The molecular weight excluding hydrogens is 244 g/mol. The molecule has 1 unspecified atom stereocenters. The summed E-state index contributed by atoms with van der Waals surface area (Å²) in [5.41, 5.74) is 7.94. The second kappa shape index (κ2) is 6.36. The van der Waals surface area contributed by atoms with Crippen LogP contribution >= 0.6 is 0 Å². The molecule has 0 spiro atoms. The molecule has 2 N–H and O–H groups in total. The third-order valence-corrected chi connectivity index (χ3v) is 4.73. The Kier molecular flexibility index (Phi) is 4.31. The molecule has 1 aromatic carbocycles. The monoisotopic (exact) mass is 268 g/mol. The van der Waals surface area contributed by atoms with Gasteiger partial charge in [0, 0.05) is 23.8 Å². The highest BCUT2D eigenvalue weighted by atomic mass is 14.7. The van der Waals surface area contributed by atoms with Gasteiger partial charge in [0.2, 0.25) is 0 Å². The van der Waals surface area contributed by atoms with Crippen LogP contribution in [0.25, 0.3) is 10.8 Å². The van der Waals surface area contributed by atoms with Gasteiger partial charge in [-0.2, -0.15) is 0 Å². The molecule has 1 aliphatic rings. The predicted octanol–water partition coefficient (Wildman–Crippen LogP) is 4.60. The Morgan fingerprint density at radius 1 is 1.00 bits per heavy atom. The van der Waals surface area contributed by atoms with Crippen LogP contribution in [0.2, 0.25) is 0 Å². The van der Waals surface area contributed by atoms with Gasteiger partial charge in [0.1, 0.15) is 0 Å². The van der Waals surface area contributed by atoms with Crippen molar-refractivity contribution >= 4 is 10.8 Å². The van der Waals surface area contributed by atoms with Crippen molar-refractivity contribution in [1.29, 1.82) is 0 Å². The zero-order chi connectivity index (χ0) is 13.8. The van der Waals surface area contributed by atoms with Gasteiger partial charge in [-0.1, -0.05) is 50.3 Å². The number of nitrogens with two attached hydrogens (primary N) is 1. The van der Waals surface area contributed by atoms with E-state index in [1.165, 1.54) is 61.3 Å². The quantitative estimate of drug-likeness (QED) is 0.864. The fraction of sp³-hybridized carbons (Fsp3) is 0.500.